The van der Waals surface area contributed by atoms with Gasteiger partial charge in [0.15, 0.2) is 0 Å². The number of amides is 1. The third-order valence-electron chi connectivity index (χ3n) is 4.46. The minimum absolute atomic E-state index is 0.0128. The Morgan fingerprint density at radius 1 is 1.21 bits per heavy atom. The van der Waals surface area contributed by atoms with Gasteiger partial charge in [0, 0.05) is 17.9 Å². The van der Waals surface area contributed by atoms with E-state index in [1.54, 1.807) is 0 Å². The molecule has 1 unspecified atom stereocenters. The molecule has 1 aliphatic heterocycles. The average Bonchev–Trinajstić information content (AvgIpc) is 3.07. The van der Waals surface area contributed by atoms with E-state index >= 15 is 0 Å². The van der Waals surface area contributed by atoms with Crippen molar-refractivity contribution in [2.24, 2.45) is 0 Å². The van der Waals surface area contributed by atoms with Crippen LogP contribution in [0.4, 0.5) is 5.69 Å². The first-order valence-corrected chi connectivity index (χ1v) is 8.24. The average molecular weight is 321 g/mol. The van der Waals surface area contributed by atoms with Crippen LogP contribution in [-0.4, -0.2) is 22.6 Å². The molecule has 5 heteroatoms. The molecule has 1 atom stereocenters. The maximum Gasteiger partial charge on any atom is 0.211 e. The van der Waals surface area contributed by atoms with Crippen LogP contribution in [0.2, 0.25) is 0 Å². The molecule has 0 saturated carbocycles. The Morgan fingerprint density at radius 3 is 2.83 bits per heavy atom. The molecule has 0 bridgehead atoms. The Labute approximate surface area is 140 Å². The Balaban J connectivity index is 1.89. The lowest BCUT2D eigenvalue weighted by Gasteiger charge is -2.24. The predicted molar refractivity (Wildman–Crippen MR) is 93.7 cm³/mol. The molecule has 0 spiro atoms. The lowest BCUT2D eigenvalue weighted by Crippen LogP contribution is -2.17. The maximum absolute atomic E-state index is 10.9. The van der Waals surface area contributed by atoms with E-state index < -0.39 is 0 Å². The molecular weight excluding hydrogens is 302 g/mol. The number of aromatic nitrogens is 2. The summed E-state index contributed by atoms with van der Waals surface area (Å²) in [6.07, 6.45) is 5.81. The van der Waals surface area contributed by atoms with Crippen molar-refractivity contribution < 1.29 is 9.53 Å². The molecule has 0 radical (unpaired) electrons. The molecule has 122 valence electrons. The van der Waals surface area contributed by atoms with Crippen LogP contribution in [0.3, 0.4) is 0 Å². The summed E-state index contributed by atoms with van der Waals surface area (Å²) in [5.74, 6) is 0. The molecule has 2 aromatic carbocycles. The monoisotopic (exact) mass is 321 g/mol. The first-order chi connectivity index (χ1) is 11.9. The van der Waals surface area contributed by atoms with Crippen LogP contribution in [-0.2, 0) is 9.53 Å². The fourth-order valence-corrected chi connectivity index (χ4v) is 3.30. The number of hydrogen-bond acceptors (Lipinski definition) is 3. The second kappa shape index (κ2) is 6.45. The van der Waals surface area contributed by atoms with Crippen LogP contribution in [0.15, 0.2) is 48.8 Å². The van der Waals surface area contributed by atoms with Gasteiger partial charge in [-0.2, -0.15) is 0 Å². The molecule has 1 saturated heterocycles. The maximum atomic E-state index is 10.9. The summed E-state index contributed by atoms with van der Waals surface area (Å²) in [5.41, 5.74) is 4.74. The normalized spacial score (nSPS) is 17.8. The summed E-state index contributed by atoms with van der Waals surface area (Å²) in [7, 11) is 0. The van der Waals surface area contributed by atoms with Crippen molar-refractivity contribution in [3.63, 3.8) is 0 Å². The van der Waals surface area contributed by atoms with Crippen molar-refractivity contribution in [3.05, 3.63) is 48.8 Å². The van der Waals surface area contributed by atoms with Crippen molar-refractivity contribution in [1.29, 1.82) is 0 Å². The molecule has 5 nitrogen and oxygen atoms in total. The minimum Gasteiger partial charge on any atom is -0.358 e. The van der Waals surface area contributed by atoms with Gasteiger partial charge < -0.3 is 14.6 Å². The van der Waals surface area contributed by atoms with E-state index in [-0.39, 0.29) is 6.23 Å². The zero-order valence-electron chi connectivity index (χ0n) is 13.3. The van der Waals surface area contributed by atoms with Crippen LogP contribution in [0.25, 0.3) is 22.2 Å². The Kier molecular flexibility index (Phi) is 4.01. The highest BCUT2D eigenvalue weighted by atomic mass is 16.5. The third kappa shape index (κ3) is 2.67. The molecular formula is C19H19N3O2. The molecule has 1 N–H and O–H groups in total. The zero-order valence-corrected chi connectivity index (χ0v) is 13.3. The molecule has 0 aliphatic carbocycles. The van der Waals surface area contributed by atoms with E-state index in [0.717, 1.165) is 53.7 Å². The second-order valence-corrected chi connectivity index (χ2v) is 5.99. The fourth-order valence-electron chi connectivity index (χ4n) is 3.30. The van der Waals surface area contributed by atoms with Crippen LogP contribution in [0.1, 0.15) is 25.5 Å². The lowest BCUT2D eigenvalue weighted by molar-refractivity contribution is -0.105. The predicted octanol–water partition coefficient (Wildman–Crippen LogP) is 3.97. The highest BCUT2D eigenvalue weighted by molar-refractivity contribution is 5.96. The number of fused-ring (bicyclic) bond motifs is 1. The number of rotatable bonds is 4. The van der Waals surface area contributed by atoms with Crippen molar-refractivity contribution in [1.82, 2.24) is 9.55 Å². The summed E-state index contributed by atoms with van der Waals surface area (Å²) in [4.78, 5) is 15.6. The van der Waals surface area contributed by atoms with Gasteiger partial charge in [0.1, 0.15) is 6.23 Å². The number of imidazole rings is 1. The number of nitrogens with zero attached hydrogens (tertiary/aromatic N) is 2. The molecule has 24 heavy (non-hydrogen) atoms. The van der Waals surface area contributed by atoms with Gasteiger partial charge in [-0.25, -0.2) is 4.98 Å². The number of benzene rings is 2. The SMILES string of the molecule is O=CNc1cc(-c2ccccc2)c2ncn(C3CCCCO3)c2c1. The number of anilines is 1. The number of nitrogens with one attached hydrogen (secondary N) is 1. The molecule has 3 aromatic rings. The smallest absolute Gasteiger partial charge is 0.211 e. The summed E-state index contributed by atoms with van der Waals surface area (Å²) in [6.45, 7) is 0.780. The molecule has 1 fully saturated rings. The number of carbonyl (C=O) groups excluding carboxylic acids is 1. The Bertz CT molecular complexity index is 852. The molecule has 4 rings (SSSR count). The van der Waals surface area contributed by atoms with Crippen molar-refractivity contribution in [2.75, 3.05) is 11.9 Å². The van der Waals surface area contributed by atoms with E-state index in [9.17, 15) is 4.79 Å². The highest BCUT2D eigenvalue weighted by Gasteiger charge is 2.20. The van der Waals surface area contributed by atoms with E-state index in [2.05, 4.69) is 27.0 Å². The standard InChI is InChI=1S/C19H19N3O2/c23-13-21-15-10-16(14-6-2-1-3-7-14)19-17(11-15)22(12-20-19)18-8-4-5-9-24-18/h1-3,6-7,10-13,18H,4-5,8-9H2,(H,21,23). The van der Waals surface area contributed by atoms with Crippen molar-refractivity contribution >= 4 is 23.1 Å². The van der Waals surface area contributed by atoms with Gasteiger partial charge in [0.25, 0.3) is 0 Å². The van der Waals surface area contributed by atoms with E-state index in [0.29, 0.717) is 6.41 Å². The van der Waals surface area contributed by atoms with E-state index in [4.69, 9.17) is 4.74 Å². The van der Waals surface area contributed by atoms with Gasteiger partial charge in [-0.15, -0.1) is 0 Å². The Morgan fingerprint density at radius 2 is 2.08 bits per heavy atom. The number of hydrogen-bond donors (Lipinski definition) is 1. The first-order valence-electron chi connectivity index (χ1n) is 8.24. The van der Waals surface area contributed by atoms with Crippen molar-refractivity contribution in [3.8, 4) is 11.1 Å². The quantitative estimate of drug-likeness (QED) is 0.740. The summed E-state index contributed by atoms with van der Waals surface area (Å²) < 4.78 is 7.99. The summed E-state index contributed by atoms with van der Waals surface area (Å²) in [6, 6.07) is 14.0. The topological polar surface area (TPSA) is 56.2 Å². The number of carbonyl (C=O) groups is 1. The van der Waals surface area contributed by atoms with Gasteiger partial charge in [-0.1, -0.05) is 30.3 Å². The van der Waals surface area contributed by atoms with Gasteiger partial charge in [-0.05, 0) is 37.0 Å². The van der Waals surface area contributed by atoms with Gasteiger partial charge in [0.05, 0.1) is 17.4 Å². The fraction of sp³-hybridized carbons (Fsp3) is 0.263. The molecule has 2 heterocycles. The van der Waals surface area contributed by atoms with Crippen LogP contribution in [0, 0.1) is 0 Å². The first kappa shape index (κ1) is 14.9. The van der Waals surface area contributed by atoms with Crippen LogP contribution < -0.4 is 5.32 Å². The molecule has 1 amide bonds. The van der Waals surface area contributed by atoms with Crippen molar-refractivity contribution in [2.45, 2.75) is 25.5 Å². The second-order valence-electron chi connectivity index (χ2n) is 5.99. The Hall–Kier alpha value is -2.66. The van der Waals surface area contributed by atoms with Gasteiger partial charge in [0.2, 0.25) is 6.41 Å². The molecule has 1 aliphatic rings. The largest absolute Gasteiger partial charge is 0.358 e. The zero-order chi connectivity index (χ0) is 16.4. The minimum atomic E-state index is 0.0128. The van der Waals surface area contributed by atoms with Crippen LogP contribution in [0.5, 0.6) is 0 Å². The number of ether oxygens (including phenoxy) is 1. The van der Waals surface area contributed by atoms with Gasteiger partial charge >= 0.3 is 0 Å². The van der Waals surface area contributed by atoms with E-state index in [1.807, 2.05) is 36.7 Å². The lowest BCUT2D eigenvalue weighted by atomic mass is 10.0. The third-order valence-corrected chi connectivity index (χ3v) is 4.46. The highest BCUT2D eigenvalue weighted by Crippen LogP contribution is 2.34. The molecule has 1 aromatic heterocycles. The van der Waals surface area contributed by atoms with E-state index in [1.165, 1.54) is 0 Å². The summed E-state index contributed by atoms with van der Waals surface area (Å²) in [5, 5.41) is 2.77. The van der Waals surface area contributed by atoms with Gasteiger partial charge in [-0.3, -0.25) is 4.79 Å². The summed E-state index contributed by atoms with van der Waals surface area (Å²) >= 11 is 0. The van der Waals surface area contributed by atoms with Crippen LogP contribution >= 0.6 is 0 Å².